The molecule has 1 aliphatic rings. The fourth-order valence-corrected chi connectivity index (χ4v) is 2.93. The van der Waals surface area contributed by atoms with Gasteiger partial charge in [0.15, 0.2) is 5.76 Å². The molecule has 1 atom stereocenters. The Labute approximate surface area is 140 Å². The number of hydrogen-bond acceptors (Lipinski definition) is 4. The minimum Gasteiger partial charge on any atom is -0.459 e. The van der Waals surface area contributed by atoms with Gasteiger partial charge in [0.05, 0.1) is 18.1 Å². The fourth-order valence-electron chi connectivity index (χ4n) is 2.93. The SMILES string of the molecule is Cc1ccoc1C(=O)N1CCN(c2ccc(C(C)O)cc2F)CC1. The van der Waals surface area contributed by atoms with Crippen molar-refractivity contribution in [3.63, 3.8) is 0 Å². The van der Waals surface area contributed by atoms with E-state index in [1.54, 1.807) is 30.0 Å². The molecule has 5 nitrogen and oxygen atoms in total. The lowest BCUT2D eigenvalue weighted by atomic mass is 10.1. The number of benzene rings is 1. The number of aryl methyl sites for hydroxylation is 1. The lowest BCUT2D eigenvalue weighted by molar-refractivity contribution is 0.0713. The molecular weight excluding hydrogens is 311 g/mol. The van der Waals surface area contributed by atoms with Crippen molar-refractivity contribution < 1.29 is 18.7 Å². The van der Waals surface area contributed by atoms with Crippen LogP contribution in [0.25, 0.3) is 0 Å². The Bertz CT molecular complexity index is 734. The van der Waals surface area contributed by atoms with Crippen molar-refractivity contribution >= 4 is 11.6 Å². The maximum atomic E-state index is 14.3. The first-order valence-corrected chi connectivity index (χ1v) is 8.03. The molecule has 1 fully saturated rings. The molecule has 0 aliphatic carbocycles. The lowest BCUT2D eigenvalue weighted by Crippen LogP contribution is -2.49. The Morgan fingerprint density at radius 2 is 1.96 bits per heavy atom. The van der Waals surface area contributed by atoms with Gasteiger partial charge < -0.3 is 19.3 Å². The Morgan fingerprint density at radius 1 is 1.25 bits per heavy atom. The normalized spacial score (nSPS) is 16.3. The van der Waals surface area contributed by atoms with E-state index in [9.17, 15) is 14.3 Å². The van der Waals surface area contributed by atoms with Gasteiger partial charge in [0.25, 0.3) is 5.91 Å². The summed E-state index contributed by atoms with van der Waals surface area (Å²) >= 11 is 0. The molecule has 1 unspecified atom stereocenters. The second kappa shape index (κ2) is 6.65. The number of rotatable bonds is 3. The first kappa shape index (κ1) is 16.5. The van der Waals surface area contributed by atoms with Crippen molar-refractivity contribution in [2.24, 2.45) is 0 Å². The summed E-state index contributed by atoms with van der Waals surface area (Å²) in [6.07, 6.45) is 0.817. The van der Waals surface area contributed by atoms with E-state index in [0.717, 1.165) is 5.56 Å². The smallest absolute Gasteiger partial charge is 0.289 e. The van der Waals surface area contributed by atoms with Crippen molar-refractivity contribution in [2.75, 3.05) is 31.1 Å². The monoisotopic (exact) mass is 332 g/mol. The van der Waals surface area contributed by atoms with Gasteiger partial charge in [0.2, 0.25) is 0 Å². The highest BCUT2D eigenvalue weighted by atomic mass is 19.1. The van der Waals surface area contributed by atoms with E-state index < -0.39 is 6.10 Å². The van der Waals surface area contributed by atoms with Gasteiger partial charge in [-0.2, -0.15) is 0 Å². The average molecular weight is 332 g/mol. The molecule has 1 saturated heterocycles. The Hall–Kier alpha value is -2.34. The number of carbonyl (C=O) groups excluding carboxylic acids is 1. The van der Waals surface area contributed by atoms with Crippen LogP contribution < -0.4 is 4.90 Å². The van der Waals surface area contributed by atoms with E-state index in [-0.39, 0.29) is 11.7 Å². The molecule has 0 radical (unpaired) electrons. The third-order valence-electron chi connectivity index (χ3n) is 4.42. The summed E-state index contributed by atoms with van der Waals surface area (Å²) in [4.78, 5) is 16.1. The molecule has 2 aromatic rings. The van der Waals surface area contributed by atoms with Crippen LogP contribution in [-0.2, 0) is 0 Å². The molecule has 24 heavy (non-hydrogen) atoms. The molecule has 1 aromatic heterocycles. The summed E-state index contributed by atoms with van der Waals surface area (Å²) in [5.74, 6) is -0.104. The molecule has 1 aliphatic heterocycles. The standard InChI is InChI=1S/C18H21FN2O3/c1-12-5-10-24-17(12)18(23)21-8-6-20(7-9-21)16-4-3-14(13(2)22)11-15(16)19/h3-5,10-11,13,22H,6-9H2,1-2H3. The van der Waals surface area contributed by atoms with E-state index in [4.69, 9.17) is 4.42 Å². The zero-order valence-corrected chi connectivity index (χ0v) is 13.8. The van der Waals surface area contributed by atoms with Crippen LogP contribution in [-0.4, -0.2) is 42.1 Å². The van der Waals surface area contributed by atoms with Crippen molar-refractivity contribution in [3.05, 3.63) is 53.2 Å². The van der Waals surface area contributed by atoms with Crippen LogP contribution >= 0.6 is 0 Å². The highest BCUT2D eigenvalue weighted by Crippen LogP contribution is 2.25. The average Bonchev–Trinajstić information content (AvgIpc) is 3.00. The van der Waals surface area contributed by atoms with Crippen molar-refractivity contribution in [1.29, 1.82) is 0 Å². The first-order chi connectivity index (χ1) is 11.5. The summed E-state index contributed by atoms with van der Waals surface area (Å²) in [5, 5.41) is 9.52. The summed E-state index contributed by atoms with van der Waals surface area (Å²) in [7, 11) is 0. The minimum atomic E-state index is -0.695. The molecule has 6 heteroatoms. The van der Waals surface area contributed by atoms with E-state index in [1.165, 1.54) is 12.3 Å². The second-order valence-electron chi connectivity index (χ2n) is 6.10. The van der Waals surface area contributed by atoms with Crippen molar-refractivity contribution in [3.8, 4) is 0 Å². The van der Waals surface area contributed by atoms with Gasteiger partial charge in [-0.25, -0.2) is 4.39 Å². The van der Waals surface area contributed by atoms with Gasteiger partial charge >= 0.3 is 0 Å². The molecule has 128 valence electrons. The van der Waals surface area contributed by atoms with Gasteiger partial charge in [0.1, 0.15) is 5.82 Å². The van der Waals surface area contributed by atoms with Crippen LogP contribution in [0.5, 0.6) is 0 Å². The minimum absolute atomic E-state index is 0.123. The Morgan fingerprint density at radius 3 is 2.50 bits per heavy atom. The van der Waals surface area contributed by atoms with E-state index in [2.05, 4.69) is 0 Å². The topological polar surface area (TPSA) is 56.9 Å². The lowest BCUT2D eigenvalue weighted by Gasteiger charge is -2.36. The number of anilines is 1. The quantitative estimate of drug-likeness (QED) is 0.939. The van der Waals surface area contributed by atoms with Gasteiger partial charge in [-0.05, 0) is 37.6 Å². The van der Waals surface area contributed by atoms with Gasteiger partial charge in [-0.15, -0.1) is 0 Å². The molecule has 3 rings (SSSR count). The predicted molar refractivity (Wildman–Crippen MR) is 88.6 cm³/mol. The number of amides is 1. The van der Waals surface area contributed by atoms with E-state index >= 15 is 0 Å². The predicted octanol–water partition coefficient (Wildman–Crippen LogP) is 2.74. The molecule has 1 aromatic carbocycles. The number of carbonyl (C=O) groups is 1. The Kier molecular flexibility index (Phi) is 4.57. The highest BCUT2D eigenvalue weighted by molar-refractivity contribution is 5.93. The maximum Gasteiger partial charge on any atom is 0.289 e. The zero-order chi connectivity index (χ0) is 17.3. The number of furan rings is 1. The van der Waals surface area contributed by atoms with Crippen LogP contribution in [0.3, 0.4) is 0 Å². The first-order valence-electron chi connectivity index (χ1n) is 8.03. The highest BCUT2D eigenvalue weighted by Gasteiger charge is 2.26. The third-order valence-corrected chi connectivity index (χ3v) is 4.42. The van der Waals surface area contributed by atoms with Gasteiger partial charge in [0, 0.05) is 31.7 Å². The van der Waals surface area contributed by atoms with E-state index in [1.807, 2.05) is 11.8 Å². The molecular formula is C18H21FN2O3. The van der Waals surface area contributed by atoms with Gasteiger partial charge in [-0.3, -0.25) is 4.79 Å². The molecule has 1 N–H and O–H groups in total. The molecule has 0 bridgehead atoms. The maximum absolute atomic E-state index is 14.3. The van der Waals surface area contributed by atoms with Crippen molar-refractivity contribution in [1.82, 2.24) is 4.90 Å². The van der Waals surface area contributed by atoms with Crippen LogP contribution in [0.15, 0.2) is 34.9 Å². The van der Waals surface area contributed by atoms with Crippen LogP contribution in [0.4, 0.5) is 10.1 Å². The third kappa shape index (κ3) is 3.14. The fraction of sp³-hybridized carbons (Fsp3) is 0.389. The van der Waals surface area contributed by atoms with Gasteiger partial charge in [-0.1, -0.05) is 6.07 Å². The van der Waals surface area contributed by atoms with Crippen LogP contribution in [0.2, 0.25) is 0 Å². The van der Waals surface area contributed by atoms with Crippen LogP contribution in [0.1, 0.15) is 34.7 Å². The van der Waals surface area contributed by atoms with E-state index in [0.29, 0.717) is 43.2 Å². The number of halogens is 1. The van der Waals surface area contributed by atoms with Crippen LogP contribution in [0, 0.1) is 12.7 Å². The number of piperazine rings is 1. The molecule has 2 heterocycles. The second-order valence-corrected chi connectivity index (χ2v) is 6.10. The summed E-state index contributed by atoms with van der Waals surface area (Å²) in [6.45, 7) is 5.57. The van der Waals surface area contributed by atoms with Crippen molar-refractivity contribution in [2.45, 2.75) is 20.0 Å². The largest absolute Gasteiger partial charge is 0.459 e. The number of aliphatic hydroxyl groups is 1. The summed E-state index contributed by atoms with van der Waals surface area (Å²) in [5.41, 5.74) is 1.88. The number of nitrogens with zero attached hydrogens (tertiary/aromatic N) is 2. The molecule has 0 spiro atoms. The number of hydrogen-bond donors (Lipinski definition) is 1. The molecule has 0 saturated carbocycles. The molecule has 1 amide bonds. The summed E-state index contributed by atoms with van der Waals surface area (Å²) < 4.78 is 19.5. The Balaban J connectivity index is 1.67. The summed E-state index contributed by atoms with van der Waals surface area (Å²) in [6, 6.07) is 6.55. The number of aliphatic hydroxyl groups excluding tert-OH is 1. The zero-order valence-electron chi connectivity index (χ0n) is 13.8.